The third-order valence-electron chi connectivity index (χ3n) is 4.09. The van der Waals surface area contributed by atoms with E-state index in [0.717, 1.165) is 27.7 Å². The molecule has 0 unspecified atom stereocenters. The number of nitrogens with zero attached hydrogens (tertiary/aromatic N) is 1. The molecule has 0 radical (unpaired) electrons. The highest BCUT2D eigenvalue weighted by Gasteiger charge is 2.13. The van der Waals surface area contributed by atoms with Gasteiger partial charge < -0.3 is 14.6 Å². The Labute approximate surface area is 163 Å². The van der Waals surface area contributed by atoms with Gasteiger partial charge in [0.25, 0.3) is 6.47 Å². The number of benzene rings is 2. The summed E-state index contributed by atoms with van der Waals surface area (Å²) in [6.45, 7) is 1.75. The summed E-state index contributed by atoms with van der Waals surface area (Å²) < 4.78 is 34.0. The number of rotatable bonds is 4. The van der Waals surface area contributed by atoms with Gasteiger partial charge in [-0.05, 0) is 36.8 Å². The third-order valence-corrected chi connectivity index (χ3v) is 5.22. The minimum Gasteiger partial charge on any atom is -0.497 e. The summed E-state index contributed by atoms with van der Waals surface area (Å²) in [5.41, 5.74) is 3.37. The number of carbonyl (C=O) groups is 1. The first-order valence-electron chi connectivity index (χ1n) is 8.16. The standard InChI is InChI=1S/C19H19NO4S.CH2O2/c1-12-9-17(13-5-7-15(8-6-13)25(4,21)22)20-19-16(12)10-14(23-2)11-18(19)24-3;2-1-3/h5-11H,1-4H3;1H,(H,2,3). The molecule has 0 aliphatic carbocycles. The number of fused-ring (bicyclic) bond motifs is 1. The number of pyridine rings is 1. The van der Waals surface area contributed by atoms with Crippen molar-refractivity contribution < 1.29 is 27.8 Å². The summed E-state index contributed by atoms with van der Waals surface area (Å²) >= 11 is 0. The van der Waals surface area contributed by atoms with E-state index < -0.39 is 9.84 Å². The number of hydrogen-bond acceptors (Lipinski definition) is 6. The lowest BCUT2D eigenvalue weighted by Crippen LogP contribution is -1.97. The predicted octanol–water partition coefficient (Wildman–Crippen LogP) is 3.33. The molecular formula is C20H21NO6S. The van der Waals surface area contributed by atoms with Gasteiger partial charge in [0, 0.05) is 23.3 Å². The van der Waals surface area contributed by atoms with Crippen LogP contribution < -0.4 is 9.47 Å². The molecule has 148 valence electrons. The zero-order chi connectivity index (χ0) is 20.9. The van der Waals surface area contributed by atoms with Crippen LogP contribution in [-0.4, -0.2) is 45.5 Å². The van der Waals surface area contributed by atoms with Gasteiger partial charge in [0.1, 0.15) is 17.0 Å². The van der Waals surface area contributed by atoms with Crippen LogP contribution >= 0.6 is 0 Å². The quantitative estimate of drug-likeness (QED) is 0.667. The lowest BCUT2D eigenvalue weighted by atomic mass is 10.0. The largest absolute Gasteiger partial charge is 0.497 e. The van der Waals surface area contributed by atoms with Gasteiger partial charge in [0.05, 0.1) is 24.8 Å². The fourth-order valence-electron chi connectivity index (χ4n) is 2.73. The molecule has 0 bridgehead atoms. The van der Waals surface area contributed by atoms with Gasteiger partial charge >= 0.3 is 0 Å². The Balaban J connectivity index is 0.000000878. The van der Waals surface area contributed by atoms with Gasteiger partial charge in [-0.1, -0.05) is 12.1 Å². The van der Waals surface area contributed by atoms with E-state index in [-0.39, 0.29) is 11.4 Å². The molecule has 0 aliphatic heterocycles. The lowest BCUT2D eigenvalue weighted by molar-refractivity contribution is -0.122. The summed E-state index contributed by atoms with van der Waals surface area (Å²) in [6, 6.07) is 12.4. The number of aryl methyl sites for hydroxylation is 1. The maximum Gasteiger partial charge on any atom is 0.290 e. The topological polar surface area (TPSA) is 103 Å². The van der Waals surface area contributed by atoms with Crippen molar-refractivity contribution in [2.24, 2.45) is 0 Å². The highest BCUT2D eigenvalue weighted by atomic mass is 32.2. The first kappa shape index (κ1) is 21.2. The van der Waals surface area contributed by atoms with Crippen molar-refractivity contribution in [2.75, 3.05) is 20.5 Å². The molecule has 0 fully saturated rings. The Morgan fingerprint density at radius 2 is 1.64 bits per heavy atom. The number of methoxy groups -OCH3 is 2. The highest BCUT2D eigenvalue weighted by Crippen LogP contribution is 2.34. The van der Waals surface area contributed by atoms with Crippen LogP contribution in [0, 0.1) is 6.92 Å². The monoisotopic (exact) mass is 403 g/mol. The number of ether oxygens (including phenoxy) is 2. The molecule has 1 aromatic heterocycles. The molecule has 0 spiro atoms. The van der Waals surface area contributed by atoms with Gasteiger partial charge in [-0.3, -0.25) is 4.79 Å². The zero-order valence-corrected chi connectivity index (χ0v) is 16.8. The average Bonchev–Trinajstić information content (AvgIpc) is 2.67. The van der Waals surface area contributed by atoms with Crippen LogP contribution in [0.1, 0.15) is 5.56 Å². The number of sulfone groups is 1. The Bertz CT molecular complexity index is 1090. The minimum atomic E-state index is -3.22. The van der Waals surface area contributed by atoms with Crippen molar-refractivity contribution >= 4 is 27.2 Å². The van der Waals surface area contributed by atoms with Gasteiger partial charge in [-0.25, -0.2) is 13.4 Å². The van der Waals surface area contributed by atoms with Gasteiger partial charge in [-0.15, -0.1) is 0 Å². The SMILES string of the molecule is COc1cc(OC)c2nc(-c3ccc(S(C)(=O)=O)cc3)cc(C)c2c1.O=CO. The van der Waals surface area contributed by atoms with Crippen LogP contribution in [0.3, 0.4) is 0 Å². The molecule has 28 heavy (non-hydrogen) atoms. The molecule has 7 nitrogen and oxygen atoms in total. The number of hydrogen-bond donors (Lipinski definition) is 1. The van der Waals surface area contributed by atoms with Crippen LogP contribution in [0.25, 0.3) is 22.2 Å². The fraction of sp³-hybridized carbons (Fsp3) is 0.200. The van der Waals surface area contributed by atoms with Crippen molar-refractivity contribution in [3.05, 3.63) is 48.0 Å². The molecule has 2 aromatic carbocycles. The van der Waals surface area contributed by atoms with Crippen LogP contribution in [0.4, 0.5) is 0 Å². The molecule has 0 saturated carbocycles. The number of aromatic nitrogens is 1. The van der Waals surface area contributed by atoms with Crippen molar-refractivity contribution in [3.63, 3.8) is 0 Å². The van der Waals surface area contributed by atoms with Crippen molar-refractivity contribution in [2.45, 2.75) is 11.8 Å². The first-order chi connectivity index (χ1) is 13.2. The van der Waals surface area contributed by atoms with Crippen molar-refractivity contribution in [1.29, 1.82) is 0 Å². The fourth-order valence-corrected chi connectivity index (χ4v) is 3.36. The van der Waals surface area contributed by atoms with E-state index in [9.17, 15) is 8.42 Å². The summed E-state index contributed by atoms with van der Waals surface area (Å²) in [6.07, 6.45) is 1.19. The first-order valence-corrected chi connectivity index (χ1v) is 10.1. The Morgan fingerprint density at radius 1 is 1.04 bits per heavy atom. The van der Waals surface area contributed by atoms with Crippen molar-refractivity contribution in [3.8, 4) is 22.8 Å². The molecule has 1 N–H and O–H groups in total. The zero-order valence-electron chi connectivity index (χ0n) is 16.0. The molecule has 0 atom stereocenters. The molecular weight excluding hydrogens is 382 g/mol. The Morgan fingerprint density at radius 3 is 2.14 bits per heavy atom. The normalized spacial score (nSPS) is 10.7. The van der Waals surface area contributed by atoms with Gasteiger partial charge in [-0.2, -0.15) is 0 Å². The Hall–Kier alpha value is -3.13. The second-order valence-corrected chi connectivity index (χ2v) is 7.97. The third kappa shape index (κ3) is 4.58. The maximum atomic E-state index is 11.6. The maximum absolute atomic E-state index is 11.6. The minimum absolute atomic E-state index is 0.250. The van der Waals surface area contributed by atoms with Crippen LogP contribution in [-0.2, 0) is 14.6 Å². The molecule has 8 heteroatoms. The molecule has 3 aromatic rings. The molecule has 0 amide bonds. The highest BCUT2D eigenvalue weighted by molar-refractivity contribution is 7.90. The van der Waals surface area contributed by atoms with Crippen LogP contribution in [0.5, 0.6) is 11.5 Å². The van der Waals surface area contributed by atoms with Crippen molar-refractivity contribution in [1.82, 2.24) is 4.98 Å². The van der Waals surface area contributed by atoms with Gasteiger partial charge in [0.2, 0.25) is 0 Å². The smallest absolute Gasteiger partial charge is 0.290 e. The van der Waals surface area contributed by atoms with Crippen LogP contribution in [0.2, 0.25) is 0 Å². The summed E-state index contributed by atoms with van der Waals surface area (Å²) in [7, 11) is -0.00907. The van der Waals surface area contributed by atoms with E-state index in [0.29, 0.717) is 11.5 Å². The van der Waals surface area contributed by atoms with E-state index in [2.05, 4.69) is 0 Å². The molecule has 3 rings (SSSR count). The summed E-state index contributed by atoms with van der Waals surface area (Å²) in [4.78, 5) is 13.4. The van der Waals surface area contributed by atoms with E-state index in [1.807, 2.05) is 19.1 Å². The second kappa shape index (κ2) is 8.71. The van der Waals surface area contributed by atoms with Crippen LogP contribution in [0.15, 0.2) is 47.4 Å². The molecule has 0 saturated heterocycles. The summed E-state index contributed by atoms with van der Waals surface area (Å²) in [5.74, 6) is 1.34. The summed E-state index contributed by atoms with van der Waals surface area (Å²) in [5, 5.41) is 7.84. The van der Waals surface area contributed by atoms with E-state index in [1.54, 1.807) is 44.6 Å². The second-order valence-electron chi connectivity index (χ2n) is 5.95. The number of carboxylic acid groups (broad SMARTS) is 1. The van der Waals surface area contributed by atoms with E-state index in [1.165, 1.54) is 6.26 Å². The van der Waals surface area contributed by atoms with E-state index >= 15 is 0 Å². The Kier molecular flexibility index (Phi) is 6.58. The predicted molar refractivity (Wildman–Crippen MR) is 107 cm³/mol. The molecule has 1 heterocycles. The lowest BCUT2D eigenvalue weighted by Gasteiger charge is -2.12. The molecule has 0 aliphatic rings. The van der Waals surface area contributed by atoms with Gasteiger partial charge in [0.15, 0.2) is 9.84 Å². The average molecular weight is 403 g/mol. The van der Waals surface area contributed by atoms with E-state index in [4.69, 9.17) is 24.4 Å².